The highest BCUT2D eigenvalue weighted by Gasteiger charge is 2.34. The summed E-state index contributed by atoms with van der Waals surface area (Å²) in [7, 11) is 1.71. The van der Waals surface area contributed by atoms with Crippen molar-refractivity contribution in [3.63, 3.8) is 0 Å². The molecule has 0 fully saturated rings. The van der Waals surface area contributed by atoms with E-state index in [1.807, 2.05) is 30.3 Å². The van der Waals surface area contributed by atoms with Gasteiger partial charge >= 0.3 is 0 Å². The molecular formula is C25H26BrN3O3. The van der Waals surface area contributed by atoms with Gasteiger partial charge in [-0.15, -0.1) is 0 Å². The molecule has 2 atom stereocenters. The summed E-state index contributed by atoms with van der Waals surface area (Å²) in [6.07, 6.45) is 0. The van der Waals surface area contributed by atoms with Gasteiger partial charge in [0, 0.05) is 0 Å². The van der Waals surface area contributed by atoms with Crippen molar-refractivity contribution in [3.8, 4) is 5.75 Å². The van der Waals surface area contributed by atoms with Crippen LogP contribution in [-0.2, 0) is 16.1 Å². The number of carbonyl (C=O) groups is 2. The topological polar surface area (TPSA) is 70.7 Å². The molecule has 0 bridgehead atoms. The molecule has 0 radical (unpaired) electrons. The zero-order valence-electron chi connectivity index (χ0n) is 18.3. The molecule has 166 valence electrons. The van der Waals surface area contributed by atoms with Crippen LogP contribution in [-0.4, -0.2) is 37.6 Å². The van der Waals surface area contributed by atoms with Crippen molar-refractivity contribution in [2.75, 3.05) is 18.6 Å². The smallest absolute Gasteiger partial charge is 0.253 e. The molecule has 3 aromatic rings. The number of anilines is 1. The molecule has 1 aliphatic rings. The zero-order chi connectivity index (χ0) is 22.8. The highest BCUT2D eigenvalue weighted by Crippen LogP contribution is 2.39. The third-order valence-corrected chi connectivity index (χ3v) is 6.55. The Morgan fingerprint density at radius 3 is 2.75 bits per heavy atom. The van der Waals surface area contributed by atoms with Crippen molar-refractivity contribution in [2.45, 2.75) is 32.5 Å². The number of hydrogen-bond donors (Lipinski definition) is 2. The van der Waals surface area contributed by atoms with E-state index in [9.17, 15) is 9.59 Å². The number of para-hydroxylation sites is 1. The summed E-state index contributed by atoms with van der Waals surface area (Å²) >= 11 is 3.55. The molecule has 32 heavy (non-hydrogen) atoms. The molecule has 3 aromatic carbocycles. The van der Waals surface area contributed by atoms with Crippen LogP contribution in [0.5, 0.6) is 5.75 Å². The van der Waals surface area contributed by atoms with Gasteiger partial charge in [-0.2, -0.15) is 0 Å². The van der Waals surface area contributed by atoms with Gasteiger partial charge in [-0.1, -0.05) is 42.5 Å². The molecule has 0 saturated heterocycles. The van der Waals surface area contributed by atoms with E-state index in [0.717, 1.165) is 26.4 Å². The Morgan fingerprint density at radius 1 is 1.19 bits per heavy atom. The number of nitrogens with one attached hydrogen (secondary N) is 2. The number of nitrogens with zero attached hydrogens (tertiary/aromatic N) is 1. The minimum Gasteiger partial charge on any atom is -0.487 e. The highest BCUT2D eigenvalue weighted by atomic mass is 79.9. The maximum atomic E-state index is 13.7. The number of fused-ring (bicyclic) bond motifs is 2. The average Bonchev–Trinajstić information content (AvgIpc) is 2.93. The Kier molecular flexibility index (Phi) is 6.48. The summed E-state index contributed by atoms with van der Waals surface area (Å²) in [5.41, 5.74) is 2.84. The maximum Gasteiger partial charge on any atom is 0.253 e. The lowest BCUT2D eigenvalue weighted by Crippen LogP contribution is -2.53. The van der Waals surface area contributed by atoms with E-state index >= 15 is 0 Å². The van der Waals surface area contributed by atoms with Crippen LogP contribution in [0.2, 0.25) is 0 Å². The molecule has 0 aromatic heterocycles. The maximum absolute atomic E-state index is 13.7. The standard InChI is InChI=1S/C25H26BrN3O3/c1-15-11-12-17-7-4-5-8-18(17)19(15)13-29-22-10-6-9-20(26)23(22)32-14-21(25(29)31)28-24(30)16(2)27-3/h4-12,16,21,27H,13-14H2,1-3H3,(H,28,30). The molecular weight excluding hydrogens is 470 g/mol. The predicted molar refractivity (Wildman–Crippen MR) is 130 cm³/mol. The predicted octanol–water partition coefficient (Wildman–Crippen LogP) is 3.93. The van der Waals surface area contributed by atoms with Gasteiger partial charge in [0.05, 0.1) is 22.7 Å². The fraction of sp³-hybridized carbons (Fsp3) is 0.280. The van der Waals surface area contributed by atoms with Crippen molar-refractivity contribution in [1.82, 2.24) is 10.6 Å². The first-order valence-corrected chi connectivity index (χ1v) is 11.4. The largest absolute Gasteiger partial charge is 0.487 e. The van der Waals surface area contributed by atoms with Crippen molar-refractivity contribution < 1.29 is 14.3 Å². The number of carbonyl (C=O) groups excluding carboxylic acids is 2. The fourth-order valence-electron chi connectivity index (χ4n) is 3.90. The lowest BCUT2D eigenvalue weighted by atomic mass is 9.99. The van der Waals surface area contributed by atoms with Gasteiger partial charge in [0.25, 0.3) is 5.91 Å². The average molecular weight is 496 g/mol. The lowest BCUT2D eigenvalue weighted by molar-refractivity contribution is -0.129. The number of halogens is 1. The molecule has 7 heteroatoms. The summed E-state index contributed by atoms with van der Waals surface area (Å²) in [6, 6.07) is 16.7. The van der Waals surface area contributed by atoms with Crippen molar-refractivity contribution >= 4 is 44.2 Å². The van der Waals surface area contributed by atoms with E-state index in [1.54, 1.807) is 18.9 Å². The monoisotopic (exact) mass is 495 g/mol. The van der Waals surface area contributed by atoms with E-state index in [-0.39, 0.29) is 18.4 Å². The van der Waals surface area contributed by atoms with Gasteiger partial charge < -0.3 is 20.3 Å². The quantitative estimate of drug-likeness (QED) is 0.562. The van der Waals surface area contributed by atoms with Gasteiger partial charge in [-0.05, 0) is 70.9 Å². The molecule has 0 saturated carbocycles. The number of likely N-dealkylation sites (N-methyl/N-ethyl adjacent to an activating group) is 1. The van der Waals surface area contributed by atoms with Gasteiger partial charge in [0.2, 0.25) is 5.91 Å². The van der Waals surface area contributed by atoms with E-state index in [1.165, 1.54) is 0 Å². The molecule has 0 spiro atoms. The number of aryl methyl sites for hydroxylation is 1. The van der Waals surface area contributed by atoms with Crippen molar-refractivity contribution in [2.24, 2.45) is 0 Å². The number of hydrogen-bond acceptors (Lipinski definition) is 4. The Balaban J connectivity index is 1.77. The third kappa shape index (κ3) is 4.23. The minimum atomic E-state index is -0.798. The second-order valence-corrected chi connectivity index (χ2v) is 8.83. The molecule has 2 amide bonds. The number of ether oxygens (including phenoxy) is 1. The van der Waals surface area contributed by atoms with Crippen LogP contribution in [0.4, 0.5) is 5.69 Å². The van der Waals surface area contributed by atoms with Gasteiger partial charge in [-0.25, -0.2) is 0 Å². The van der Waals surface area contributed by atoms with Crippen LogP contribution in [0, 0.1) is 6.92 Å². The summed E-state index contributed by atoms with van der Waals surface area (Å²) in [4.78, 5) is 28.0. The van der Waals surface area contributed by atoms with Gasteiger partial charge in [-0.3, -0.25) is 9.59 Å². The molecule has 6 nitrogen and oxygen atoms in total. The Bertz CT molecular complexity index is 1180. The molecule has 2 unspecified atom stereocenters. The summed E-state index contributed by atoms with van der Waals surface area (Å²) in [6.45, 7) is 4.23. The first kappa shape index (κ1) is 22.3. The van der Waals surface area contributed by atoms with Crippen molar-refractivity contribution in [1.29, 1.82) is 0 Å². The number of rotatable bonds is 5. The SMILES string of the molecule is CNC(C)C(=O)NC1COc2c(Br)cccc2N(Cc2c(C)ccc3ccccc23)C1=O. The normalized spacial score (nSPS) is 16.8. The van der Waals surface area contributed by atoms with Crippen LogP contribution < -0.4 is 20.3 Å². The molecule has 4 rings (SSSR count). The van der Waals surface area contributed by atoms with Crippen LogP contribution in [0.3, 0.4) is 0 Å². The first-order chi connectivity index (χ1) is 15.4. The van der Waals surface area contributed by atoms with Gasteiger partial charge in [0.15, 0.2) is 5.75 Å². The molecule has 1 heterocycles. The van der Waals surface area contributed by atoms with E-state index in [2.05, 4.69) is 57.8 Å². The zero-order valence-corrected chi connectivity index (χ0v) is 19.9. The van der Waals surface area contributed by atoms with Crippen LogP contribution >= 0.6 is 15.9 Å². The first-order valence-electron chi connectivity index (χ1n) is 10.6. The van der Waals surface area contributed by atoms with Crippen LogP contribution in [0.15, 0.2) is 59.1 Å². The van der Waals surface area contributed by atoms with Crippen LogP contribution in [0.1, 0.15) is 18.1 Å². The number of benzene rings is 3. The summed E-state index contributed by atoms with van der Waals surface area (Å²) in [5.74, 6) is 0.142. The Labute approximate surface area is 196 Å². The molecule has 1 aliphatic heterocycles. The molecule has 0 aliphatic carbocycles. The lowest BCUT2D eigenvalue weighted by Gasteiger charge is -2.27. The summed E-state index contributed by atoms with van der Waals surface area (Å²) < 4.78 is 6.78. The summed E-state index contributed by atoms with van der Waals surface area (Å²) in [5, 5.41) is 7.97. The molecule has 2 N–H and O–H groups in total. The fourth-order valence-corrected chi connectivity index (χ4v) is 4.38. The van der Waals surface area contributed by atoms with Crippen molar-refractivity contribution in [3.05, 3.63) is 70.2 Å². The van der Waals surface area contributed by atoms with Crippen LogP contribution in [0.25, 0.3) is 10.8 Å². The van der Waals surface area contributed by atoms with Gasteiger partial charge in [0.1, 0.15) is 12.6 Å². The third-order valence-electron chi connectivity index (χ3n) is 5.93. The van der Waals surface area contributed by atoms with E-state index in [4.69, 9.17) is 4.74 Å². The number of amides is 2. The minimum absolute atomic E-state index is 0.0572. The van der Waals surface area contributed by atoms with E-state index in [0.29, 0.717) is 18.0 Å². The van der Waals surface area contributed by atoms with E-state index < -0.39 is 12.1 Å². The Hall–Kier alpha value is -2.90. The highest BCUT2D eigenvalue weighted by molar-refractivity contribution is 9.10. The Morgan fingerprint density at radius 2 is 1.97 bits per heavy atom. The second-order valence-electron chi connectivity index (χ2n) is 7.98. The second kappa shape index (κ2) is 9.30.